The Hall–Kier alpha value is -1.24. The molecule has 0 bridgehead atoms. The van der Waals surface area contributed by atoms with Crippen LogP contribution in [-0.4, -0.2) is 0 Å². The van der Waals surface area contributed by atoms with E-state index in [4.69, 9.17) is 4.74 Å². The fourth-order valence-electron chi connectivity index (χ4n) is 3.05. The van der Waals surface area contributed by atoms with Crippen molar-refractivity contribution in [1.82, 2.24) is 0 Å². The second-order valence-electron chi connectivity index (χ2n) is 5.85. The summed E-state index contributed by atoms with van der Waals surface area (Å²) in [6, 6.07) is 8.56. The van der Waals surface area contributed by atoms with Crippen LogP contribution in [0.1, 0.15) is 76.7 Å². The third-order valence-electron chi connectivity index (χ3n) is 4.24. The van der Waals surface area contributed by atoms with Gasteiger partial charge in [-0.15, -0.1) is 0 Å². The Bertz CT molecular complexity index is 433. The van der Waals surface area contributed by atoms with Crippen LogP contribution in [0, 0.1) is 0 Å². The summed E-state index contributed by atoms with van der Waals surface area (Å²) in [6.45, 7) is 4.54. The molecule has 1 aromatic rings. The lowest BCUT2D eigenvalue weighted by molar-refractivity contribution is 0.425. The third-order valence-corrected chi connectivity index (χ3v) is 4.24. The van der Waals surface area contributed by atoms with Gasteiger partial charge in [0.05, 0.1) is 6.26 Å². The summed E-state index contributed by atoms with van der Waals surface area (Å²) >= 11 is 0. The van der Waals surface area contributed by atoms with E-state index in [0.717, 1.165) is 5.75 Å². The van der Waals surface area contributed by atoms with Gasteiger partial charge in [0.1, 0.15) is 5.75 Å². The van der Waals surface area contributed by atoms with Crippen LogP contribution < -0.4 is 4.74 Å². The molecule has 0 radical (unpaired) electrons. The fourth-order valence-corrected chi connectivity index (χ4v) is 3.05. The Labute approximate surface area is 124 Å². The number of hydrogen-bond donors (Lipinski definition) is 0. The maximum absolute atomic E-state index is 5.84. The van der Waals surface area contributed by atoms with Crippen molar-refractivity contribution in [3.8, 4) is 5.75 Å². The summed E-state index contributed by atoms with van der Waals surface area (Å²) in [4.78, 5) is 0. The topological polar surface area (TPSA) is 9.23 Å². The average Bonchev–Trinajstić information content (AvgIpc) is 2.49. The predicted molar refractivity (Wildman–Crippen MR) is 86.2 cm³/mol. The maximum atomic E-state index is 5.84. The molecule has 20 heavy (non-hydrogen) atoms. The van der Waals surface area contributed by atoms with Gasteiger partial charge in [0.15, 0.2) is 0 Å². The van der Waals surface area contributed by atoms with Gasteiger partial charge in [0.2, 0.25) is 0 Å². The molecule has 1 aromatic carbocycles. The number of para-hydroxylation sites is 1. The van der Waals surface area contributed by atoms with E-state index in [-0.39, 0.29) is 0 Å². The van der Waals surface area contributed by atoms with E-state index in [9.17, 15) is 0 Å². The lowest BCUT2D eigenvalue weighted by atomic mass is 9.83. The van der Waals surface area contributed by atoms with Gasteiger partial charge in [0.25, 0.3) is 0 Å². The minimum Gasteiger partial charge on any atom is -0.465 e. The smallest absolute Gasteiger partial charge is 0.130 e. The van der Waals surface area contributed by atoms with Gasteiger partial charge in [-0.1, -0.05) is 64.2 Å². The molecular weight excluding hydrogens is 244 g/mol. The highest BCUT2D eigenvalue weighted by Crippen LogP contribution is 2.41. The molecular formula is C19H28O. The van der Waals surface area contributed by atoms with E-state index in [1.54, 1.807) is 0 Å². The molecule has 0 aromatic heterocycles. The Morgan fingerprint density at radius 1 is 0.950 bits per heavy atom. The zero-order valence-electron chi connectivity index (χ0n) is 13.0. The van der Waals surface area contributed by atoms with E-state index < -0.39 is 0 Å². The molecule has 0 fully saturated rings. The number of rotatable bonds is 8. The number of ether oxygens (including phenoxy) is 1. The van der Waals surface area contributed by atoms with Crippen LogP contribution >= 0.6 is 0 Å². The lowest BCUT2D eigenvalue weighted by Crippen LogP contribution is -2.11. The molecule has 0 saturated heterocycles. The lowest BCUT2D eigenvalue weighted by Gasteiger charge is -2.27. The molecule has 1 heterocycles. The van der Waals surface area contributed by atoms with E-state index in [1.165, 1.54) is 62.5 Å². The highest BCUT2D eigenvalue weighted by molar-refractivity contribution is 5.43. The number of allylic oxidation sites excluding steroid dienone is 1. The number of benzene rings is 1. The molecule has 1 aliphatic rings. The summed E-state index contributed by atoms with van der Waals surface area (Å²) in [6.07, 6.45) is 12.3. The van der Waals surface area contributed by atoms with Gasteiger partial charge in [-0.3, -0.25) is 0 Å². The van der Waals surface area contributed by atoms with Crippen molar-refractivity contribution in [2.24, 2.45) is 0 Å². The highest BCUT2D eigenvalue weighted by atomic mass is 16.5. The van der Waals surface area contributed by atoms with Gasteiger partial charge in [-0.25, -0.2) is 0 Å². The van der Waals surface area contributed by atoms with Crippen molar-refractivity contribution in [3.05, 3.63) is 41.7 Å². The first-order chi connectivity index (χ1) is 9.86. The average molecular weight is 272 g/mol. The standard InChI is InChI=1S/C19H28O/c1-3-5-7-11-16-15-20-19-14-10-9-13-18(19)17(16)12-8-6-4-2/h9-10,13-15,17H,3-8,11-12H2,1-2H3. The molecule has 1 nitrogen and oxygen atoms in total. The Morgan fingerprint density at radius 2 is 1.70 bits per heavy atom. The zero-order valence-corrected chi connectivity index (χ0v) is 13.0. The Morgan fingerprint density at radius 3 is 2.50 bits per heavy atom. The minimum absolute atomic E-state index is 0.586. The van der Waals surface area contributed by atoms with Crippen molar-refractivity contribution in [2.75, 3.05) is 0 Å². The molecule has 2 rings (SSSR count). The van der Waals surface area contributed by atoms with Crippen LogP contribution in [0.15, 0.2) is 36.1 Å². The molecule has 1 heteroatoms. The Balaban J connectivity index is 2.08. The normalized spacial score (nSPS) is 17.3. The summed E-state index contributed by atoms with van der Waals surface area (Å²) in [5.74, 6) is 1.65. The monoisotopic (exact) mass is 272 g/mol. The van der Waals surface area contributed by atoms with Gasteiger partial charge >= 0.3 is 0 Å². The van der Waals surface area contributed by atoms with Crippen molar-refractivity contribution >= 4 is 0 Å². The third kappa shape index (κ3) is 3.88. The summed E-state index contributed by atoms with van der Waals surface area (Å²) < 4.78 is 5.84. The van der Waals surface area contributed by atoms with Crippen LogP contribution in [0.25, 0.3) is 0 Å². The zero-order chi connectivity index (χ0) is 14.2. The molecule has 1 unspecified atom stereocenters. The molecule has 0 N–H and O–H groups in total. The first kappa shape index (κ1) is 15.2. The highest BCUT2D eigenvalue weighted by Gasteiger charge is 2.23. The van der Waals surface area contributed by atoms with Crippen LogP contribution in [0.2, 0.25) is 0 Å². The fraction of sp³-hybridized carbons (Fsp3) is 0.579. The van der Waals surface area contributed by atoms with Crippen molar-refractivity contribution in [1.29, 1.82) is 0 Å². The van der Waals surface area contributed by atoms with Crippen molar-refractivity contribution in [2.45, 2.75) is 71.1 Å². The van der Waals surface area contributed by atoms with Gasteiger partial charge in [0, 0.05) is 11.5 Å². The van der Waals surface area contributed by atoms with Crippen LogP contribution in [-0.2, 0) is 0 Å². The Kier molecular flexibility index (Phi) is 6.17. The molecule has 1 aliphatic heterocycles. The first-order valence-corrected chi connectivity index (χ1v) is 8.31. The van der Waals surface area contributed by atoms with Gasteiger partial charge < -0.3 is 4.74 Å². The van der Waals surface area contributed by atoms with E-state index in [2.05, 4.69) is 38.1 Å². The summed E-state index contributed by atoms with van der Waals surface area (Å²) in [7, 11) is 0. The van der Waals surface area contributed by atoms with Gasteiger partial charge in [-0.2, -0.15) is 0 Å². The quantitative estimate of drug-likeness (QED) is 0.511. The first-order valence-electron chi connectivity index (χ1n) is 8.31. The van der Waals surface area contributed by atoms with E-state index in [0.29, 0.717) is 5.92 Å². The predicted octanol–water partition coefficient (Wildman–Crippen LogP) is 6.21. The molecule has 110 valence electrons. The molecule has 0 aliphatic carbocycles. The van der Waals surface area contributed by atoms with Crippen LogP contribution in [0.5, 0.6) is 5.75 Å². The second-order valence-corrected chi connectivity index (χ2v) is 5.85. The number of fused-ring (bicyclic) bond motifs is 1. The molecule has 1 atom stereocenters. The largest absolute Gasteiger partial charge is 0.465 e. The molecule has 0 saturated carbocycles. The van der Waals surface area contributed by atoms with Crippen molar-refractivity contribution < 1.29 is 4.74 Å². The SMILES string of the molecule is CCCCCC1=COc2ccccc2C1CCCCC. The maximum Gasteiger partial charge on any atom is 0.130 e. The van der Waals surface area contributed by atoms with E-state index >= 15 is 0 Å². The van der Waals surface area contributed by atoms with Gasteiger partial charge in [-0.05, 0) is 30.9 Å². The van der Waals surface area contributed by atoms with Crippen molar-refractivity contribution in [3.63, 3.8) is 0 Å². The second kappa shape index (κ2) is 8.14. The summed E-state index contributed by atoms with van der Waals surface area (Å²) in [5.41, 5.74) is 2.91. The number of unbranched alkanes of at least 4 members (excludes halogenated alkanes) is 4. The molecule has 0 spiro atoms. The minimum atomic E-state index is 0.586. The molecule has 0 amide bonds. The number of hydrogen-bond acceptors (Lipinski definition) is 1. The van der Waals surface area contributed by atoms with Crippen LogP contribution in [0.4, 0.5) is 0 Å². The van der Waals surface area contributed by atoms with E-state index in [1.807, 2.05) is 6.26 Å². The van der Waals surface area contributed by atoms with Crippen LogP contribution in [0.3, 0.4) is 0 Å². The summed E-state index contributed by atoms with van der Waals surface area (Å²) in [5, 5.41) is 0.